The average Bonchev–Trinajstić information content (AvgIpc) is 3.18. The van der Waals surface area contributed by atoms with Crippen LogP contribution < -0.4 is 4.80 Å². The van der Waals surface area contributed by atoms with Crippen LogP contribution >= 0.6 is 11.3 Å². The van der Waals surface area contributed by atoms with E-state index in [0.29, 0.717) is 41.6 Å². The number of amides is 1. The lowest BCUT2D eigenvalue weighted by Gasteiger charge is -2.05. The molecule has 0 aliphatic rings. The van der Waals surface area contributed by atoms with Gasteiger partial charge in [-0.2, -0.15) is 4.99 Å². The Kier molecular flexibility index (Phi) is 5.06. The normalized spacial score (nSPS) is 12.3. The fourth-order valence-electron chi connectivity index (χ4n) is 3.16. The first-order chi connectivity index (χ1) is 13.6. The summed E-state index contributed by atoms with van der Waals surface area (Å²) in [6.45, 7) is 5.32. The standard InChI is InChI=1S/C20H19FN4O2S/c1-3-27-11-10-24-15-8-7-14(21)12-16(15)28-20(24)23-19(26)18-13(2)22-17-6-4-5-9-25(17)18/h4-9,12H,3,10-11H2,1-2H3. The third-order valence-corrected chi connectivity index (χ3v) is 5.45. The highest BCUT2D eigenvalue weighted by Crippen LogP contribution is 2.19. The molecule has 4 rings (SSSR count). The molecule has 0 saturated heterocycles. The molecule has 1 aromatic carbocycles. The smallest absolute Gasteiger partial charge is 0.298 e. The zero-order valence-electron chi connectivity index (χ0n) is 15.6. The second-order valence-corrected chi connectivity index (χ2v) is 7.25. The Balaban J connectivity index is 1.84. The van der Waals surface area contributed by atoms with Gasteiger partial charge in [0.05, 0.1) is 22.5 Å². The van der Waals surface area contributed by atoms with Crippen LogP contribution in [0.25, 0.3) is 15.9 Å². The highest BCUT2D eigenvalue weighted by atomic mass is 32.1. The molecule has 3 heterocycles. The van der Waals surface area contributed by atoms with Gasteiger partial charge in [0.1, 0.15) is 17.2 Å². The van der Waals surface area contributed by atoms with E-state index in [0.717, 1.165) is 10.2 Å². The van der Waals surface area contributed by atoms with Crippen LogP contribution in [0.4, 0.5) is 4.39 Å². The number of imidazole rings is 1. The number of benzene rings is 1. The van der Waals surface area contributed by atoms with E-state index in [4.69, 9.17) is 4.74 Å². The number of hydrogen-bond acceptors (Lipinski definition) is 4. The fourth-order valence-corrected chi connectivity index (χ4v) is 4.24. The Morgan fingerprint density at radius 3 is 3.00 bits per heavy atom. The zero-order chi connectivity index (χ0) is 19.7. The lowest BCUT2D eigenvalue weighted by atomic mass is 10.3. The van der Waals surface area contributed by atoms with Crippen LogP contribution in [-0.4, -0.2) is 33.1 Å². The van der Waals surface area contributed by atoms with Crippen molar-refractivity contribution in [1.82, 2.24) is 14.0 Å². The lowest BCUT2D eigenvalue weighted by molar-refractivity contribution is 0.0990. The summed E-state index contributed by atoms with van der Waals surface area (Å²) < 4.78 is 23.5. The molecule has 0 atom stereocenters. The van der Waals surface area contributed by atoms with Gasteiger partial charge in [0.25, 0.3) is 5.91 Å². The van der Waals surface area contributed by atoms with Crippen molar-refractivity contribution in [2.45, 2.75) is 20.4 Å². The van der Waals surface area contributed by atoms with Crippen LogP contribution in [-0.2, 0) is 11.3 Å². The van der Waals surface area contributed by atoms with E-state index in [1.807, 2.05) is 29.7 Å². The number of aryl methyl sites for hydroxylation is 1. The van der Waals surface area contributed by atoms with Crippen LogP contribution in [0, 0.1) is 12.7 Å². The molecular formula is C20H19FN4O2S. The summed E-state index contributed by atoms with van der Waals surface area (Å²) in [5.41, 5.74) is 2.57. The molecule has 0 radical (unpaired) electrons. The largest absolute Gasteiger partial charge is 0.380 e. The summed E-state index contributed by atoms with van der Waals surface area (Å²) >= 11 is 1.28. The second kappa shape index (κ2) is 7.65. The third-order valence-electron chi connectivity index (χ3n) is 4.41. The highest BCUT2D eigenvalue weighted by Gasteiger charge is 2.17. The van der Waals surface area contributed by atoms with Crippen molar-refractivity contribution in [1.29, 1.82) is 0 Å². The van der Waals surface area contributed by atoms with E-state index >= 15 is 0 Å². The molecule has 4 aromatic rings. The van der Waals surface area contributed by atoms with E-state index in [1.54, 1.807) is 23.6 Å². The zero-order valence-corrected chi connectivity index (χ0v) is 16.4. The quantitative estimate of drug-likeness (QED) is 0.483. The summed E-state index contributed by atoms with van der Waals surface area (Å²) in [5.74, 6) is -0.699. The minimum atomic E-state index is -0.381. The number of aromatic nitrogens is 3. The van der Waals surface area contributed by atoms with E-state index in [2.05, 4.69) is 9.98 Å². The second-order valence-electron chi connectivity index (χ2n) is 6.24. The van der Waals surface area contributed by atoms with Crippen LogP contribution in [0.2, 0.25) is 0 Å². The minimum absolute atomic E-state index is 0.318. The van der Waals surface area contributed by atoms with E-state index in [1.165, 1.54) is 23.5 Å². The van der Waals surface area contributed by atoms with Crippen molar-refractivity contribution in [2.24, 2.45) is 4.99 Å². The molecule has 0 saturated carbocycles. The molecule has 28 heavy (non-hydrogen) atoms. The Labute approximate surface area is 164 Å². The molecule has 0 aliphatic carbocycles. The van der Waals surface area contributed by atoms with Crippen LogP contribution in [0.1, 0.15) is 23.1 Å². The van der Waals surface area contributed by atoms with Crippen molar-refractivity contribution in [3.8, 4) is 0 Å². The number of carbonyl (C=O) groups is 1. The molecule has 0 unspecified atom stereocenters. The first kappa shape index (κ1) is 18.5. The maximum absolute atomic E-state index is 13.7. The predicted molar refractivity (Wildman–Crippen MR) is 106 cm³/mol. The van der Waals surface area contributed by atoms with Gasteiger partial charge < -0.3 is 9.30 Å². The molecule has 0 fully saturated rings. The summed E-state index contributed by atoms with van der Waals surface area (Å²) in [7, 11) is 0. The molecule has 144 valence electrons. The number of nitrogens with zero attached hydrogens (tertiary/aromatic N) is 4. The van der Waals surface area contributed by atoms with Gasteiger partial charge in [-0.3, -0.25) is 9.20 Å². The Bertz CT molecular complexity index is 1240. The van der Waals surface area contributed by atoms with Crippen molar-refractivity contribution in [3.63, 3.8) is 0 Å². The van der Waals surface area contributed by atoms with Gasteiger partial charge >= 0.3 is 0 Å². The van der Waals surface area contributed by atoms with Gasteiger partial charge in [0.15, 0.2) is 4.80 Å². The predicted octanol–water partition coefficient (Wildman–Crippen LogP) is 3.58. The number of carbonyl (C=O) groups excluding carboxylic acids is 1. The number of thiazole rings is 1. The summed E-state index contributed by atoms with van der Waals surface area (Å²) in [4.78, 5) is 22.3. The molecule has 0 aliphatic heterocycles. The van der Waals surface area contributed by atoms with Crippen molar-refractivity contribution in [3.05, 3.63) is 64.6 Å². The number of rotatable bonds is 5. The van der Waals surface area contributed by atoms with E-state index < -0.39 is 0 Å². The van der Waals surface area contributed by atoms with Crippen molar-refractivity contribution >= 4 is 33.1 Å². The SMILES string of the molecule is CCOCCn1c(=NC(=O)c2c(C)nc3ccccn23)sc2cc(F)ccc21. The Hall–Kier alpha value is -2.84. The molecule has 8 heteroatoms. The Morgan fingerprint density at radius 1 is 1.32 bits per heavy atom. The van der Waals surface area contributed by atoms with Gasteiger partial charge in [-0.15, -0.1) is 0 Å². The van der Waals surface area contributed by atoms with Crippen molar-refractivity contribution in [2.75, 3.05) is 13.2 Å². The van der Waals surface area contributed by atoms with E-state index in [-0.39, 0.29) is 11.7 Å². The molecule has 0 spiro atoms. The first-order valence-corrected chi connectivity index (χ1v) is 9.79. The summed E-state index contributed by atoms with van der Waals surface area (Å²) in [6.07, 6.45) is 1.79. The van der Waals surface area contributed by atoms with Crippen LogP contribution in [0.15, 0.2) is 47.6 Å². The monoisotopic (exact) mass is 398 g/mol. The average molecular weight is 398 g/mol. The molecule has 6 nitrogen and oxygen atoms in total. The number of hydrogen-bond donors (Lipinski definition) is 0. The maximum atomic E-state index is 13.7. The van der Waals surface area contributed by atoms with Gasteiger partial charge in [0.2, 0.25) is 0 Å². The lowest BCUT2D eigenvalue weighted by Crippen LogP contribution is -2.20. The molecule has 0 N–H and O–H groups in total. The molecule has 0 bridgehead atoms. The minimum Gasteiger partial charge on any atom is -0.380 e. The van der Waals surface area contributed by atoms with E-state index in [9.17, 15) is 9.18 Å². The van der Waals surface area contributed by atoms with Gasteiger partial charge in [-0.25, -0.2) is 9.37 Å². The van der Waals surface area contributed by atoms with Crippen molar-refractivity contribution < 1.29 is 13.9 Å². The highest BCUT2D eigenvalue weighted by molar-refractivity contribution is 7.16. The maximum Gasteiger partial charge on any atom is 0.298 e. The number of ether oxygens (including phenoxy) is 1. The molecule has 1 amide bonds. The van der Waals surface area contributed by atoms with Gasteiger partial charge in [-0.1, -0.05) is 17.4 Å². The molecular weight excluding hydrogens is 379 g/mol. The van der Waals surface area contributed by atoms with Gasteiger partial charge in [-0.05, 0) is 44.2 Å². The summed E-state index contributed by atoms with van der Waals surface area (Å²) in [6, 6.07) is 10.1. The third kappa shape index (κ3) is 3.36. The van der Waals surface area contributed by atoms with Crippen LogP contribution in [0.3, 0.4) is 0 Å². The van der Waals surface area contributed by atoms with Gasteiger partial charge in [0, 0.05) is 19.3 Å². The molecule has 3 aromatic heterocycles. The number of halogens is 1. The van der Waals surface area contributed by atoms with Crippen LogP contribution in [0.5, 0.6) is 0 Å². The fraction of sp³-hybridized carbons (Fsp3) is 0.250. The topological polar surface area (TPSA) is 60.9 Å². The number of pyridine rings is 1. The number of fused-ring (bicyclic) bond motifs is 2. The first-order valence-electron chi connectivity index (χ1n) is 8.98. The summed E-state index contributed by atoms with van der Waals surface area (Å²) in [5, 5.41) is 0. The Morgan fingerprint density at radius 2 is 2.18 bits per heavy atom.